The highest BCUT2D eigenvalue weighted by atomic mass is 16.4. The third-order valence-corrected chi connectivity index (χ3v) is 1.87. The van der Waals surface area contributed by atoms with Gasteiger partial charge >= 0.3 is 11.9 Å². The lowest BCUT2D eigenvalue weighted by molar-refractivity contribution is -0.147. The highest BCUT2D eigenvalue weighted by Crippen LogP contribution is 1.95. The second kappa shape index (κ2) is 7.22. The number of carboxylic acid groups (broad SMARTS) is 2. The second-order valence-corrected chi connectivity index (χ2v) is 3.43. The first-order valence-corrected chi connectivity index (χ1v) is 4.90. The van der Waals surface area contributed by atoms with Gasteiger partial charge in [-0.2, -0.15) is 0 Å². The Kier molecular flexibility index (Phi) is 6.35. The third kappa shape index (κ3) is 5.80. The van der Waals surface area contributed by atoms with Gasteiger partial charge in [-0.05, 0) is 0 Å². The molecule has 0 spiro atoms. The number of aliphatic hydroxyl groups is 1. The summed E-state index contributed by atoms with van der Waals surface area (Å²) in [4.78, 5) is 43.2. The van der Waals surface area contributed by atoms with E-state index in [1.165, 1.54) is 0 Å². The Balaban J connectivity index is 4.60. The summed E-state index contributed by atoms with van der Waals surface area (Å²) in [7, 11) is 0. The van der Waals surface area contributed by atoms with Crippen LogP contribution in [-0.4, -0.2) is 57.8 Å². The number of carbonyl (C=O) groups excluding carboxylic acids is 2. The molecule has 5 N–H and O–H groups in total. The Morgan fingerprint density at radius 2 is 1.61 bits per heavy atom. The molecule has 102 valence electrons. The van der Waals surface area contributed by atoms with E-state index in [9.17, 15) is 19.2 Å². The minimum absolute atomic E-state index is 0.589. The van der Waals surface area contributed by atoms with Crippen molar-refractivity contribution in [2.75, 3.05) is 6.61 Å². The van der Waals surface area contributed by atoms with Crippen molar-refractivity contribution in [3.05, 3.63) is 0 Å². The van der Waals surface area contributed by atoms with Crippen molar-refractivity contribution in [3.63, 3.8) is 0 Å². The predicted molar refractivity (Wildman–Crippen MR) is 56.5 cm³/mol. The Labute approximate surface area is 102 Å². The monoisotopic (exact) mass is 262 g/mol. The number of rotatable bonds is 7. The van der Waals surface area contributed by atoms with E-state index in [0.717, 1.165) is 6.92 Å². The molecule has 9 heteroatoms. The molecule has 0 aromatic heterocycles. The van der Waals surface area contributed by atoms with Gasteiger partial charge in [-0.1, -0.05) is 0 Å². The van der Waals surface area contributed by atoms with E-state index in [0.29, 0.717) is 0 Å². The number of carbonyl (C=O) groups is 4. The lowest BCUT2D eigenvalue weighted by Crippen LogP contribution is -2.53. The first kappa shape index (κ1) is 15.8. The van der Waals surface area contributed by atoms with E-state index < -0.39 is 48.9 Å². The molecule has 0 bridgehead atoms. The molecule has 0 unspecified atom stereocenters. The van der Waals surface area contributed by atoms with Gasteiger partial charge in [-0.3, -0.25) is 14.4 Å². The predicted octanol–water partition coefficient (Wildman–Crippen LogP) is -2.47. The Morgan fingerprint density at radius 1 is 1.06 bits per heavy atom. The molecule has 0 aliphatic carbocycles. The number of aliphatic hydroxyl groups excluding tert-OH is 1. The number of hydrogen-bond donors (Lipinski definition) is 5. The van der Waals surface area contributed by atoms with E-state index in [2.05, 4.69) is 5.32 Å². The largest absolute Gasteiger partial charge is 0.481 e. The van der Waals surface area contributed by atoms with Gasteiger partial charge < -0.3 is 26.0 Å². The fraction of sp³-hybridized carbons (Fsp3) is 0.556. The number of nitrogens with one attached hydrogen (secondary N) is 2. The quantitative estimate of drug-likeness (QED) is 0.340. The molecule has 2 amide bonds. The molecule has 2 atom stereocenters. The van der Waals surface area contributed by atoms with Crippen molar-refractivity contribution >= 4 is 23.8 Å². The van der Waals surface area contributed by atoms with Gasteiger partial charge in [0, 0.05) is 6.92 Å². The van der Waals surface area contributed by atoms with Crippen LogP contribution in [0.15, 0.2) is 0 Å². The van der Waals surface area contributed by atoms with Crippen molar-refractivity contribution in [2.24, 2.45) is 0 Å². The van der Waals surface area contributed by atoms with Crippen LogP contribution in [-0.2, 0) is 19.2 Å². The standard InChI is InChI=1S/C9H14N2O7/c1-4(13)10-6(3-12)8(16)11-5(9(17)18)2-7(14)15/h5-6,12H,2-3H2,1H3,(H,10,13)(H,11,16)(H,14,15)(H,17,18)/t5-,6+/m1/s1. The van der Waals surface area contributed by atoms with Crippen LogP contribution in [0.25, 0.3) is 0 Å². The average molecular weight is 262 g/mol. The molecule has 0 saturated carbocycles. The molecule has 18 heavy (non-hydrogen) atoms. The van der Waals surface area contributed by atoms with Gasteiger partial charge in [0.1, 0.15) is 12.1 Å². The highest BCUT2D eigenvalue weighted by molar-refractivity contribution is 5.91. The summed E-state index contributed by atoms with van der Waals surface area (Å²) in [6.07, 6.45) is -0.806. The molecule has 0 rings (SSSR count). The number of carboxylic acids is 2. The Bertz CT molecular complexity index is 355. The van der Waals surface area contributed by atoms with E-state index in [-0.39, 0.29) is 0 Å². The number of amides is 2. The van der Waals surface area contributed by atoms with Crippen LogP contribution in [0.2, 0.25) is 0 Å². The third-order valence-electron chi connectivity index (χ3n) is 1.87. The van der Waals surface area contributed by atoms with Gasteiger partial charge in [0.05, 0.1) is 13.0 Å². The highest BCUT2D eigenvalue weighted by Gasteiger charge is 2.27. The summed E-state index contributed by atoms with van der Waals surface area (Å²) in [5.74, 6) is -4.48. The van der Waals surface area contributed by atoms with Gasteiger partial charge in [0.2, 0.25) is 11.8 Å². The lowest BCUT2D eigenvalue weighted by Gasteiger charge is -2.18. The summed E-state index contributed by atoms with van der Waals surface area (Å²) >= 11 is 0. The van der Waals surface area contributed by atoms with Crippen molar-refractivity contribution in [3.8, 4) is 0 Å². The van der Waals surface area contributed by atoms with Gasteiger partial charge in [0.15, 0.2) is 0 Å². The summed E-state index contributed by atoms with van der Waals surface area (Å²) in [5.41, 5.74) is 0. The van der Waals surface area contributed by atoms with Crippen molar-refractivity contribution < 1.29 is 34.5 Å². The van der Waals surface area contributed by atoms with Crippen LogP contribution in [0.4, 0.5) is 0 Å². The molecule has 0 aliphatic rings. The zero-order valence-electron chi connectivity index (χ0n) is 9.54. The minimum atomic E-state index is -1.63. The molecule has 0 radical (unpaired) electrons. The fourth-order valence-corrected chi connectivity index (χ4v) is 1.09. The minimum Gasteiger partial charge on any atom is -0.481 e. The van der Waals surface area contributed by atoms with Gasteiger partial charge in [-0.15, -0.1) is 0 Å². The Morgan fingerprint density at radius 3 is 1.94 bits per heavy atom. The summed E-state index contributed by atoms with van der Waals surface area (Å²) in [6, 6.07) is -2.95. The molecule has 0 aromatic rings. The molecule has 0 aromatic carbocycles. The first-order valence-electron chi connectivity index (χ1n) is 4.90. The molecular weight excluding hydrogens is 248 g/mol. The van der Waals surface area contributed by atoms with Crippen LogP contribution in [0, 0.1) is 0 Å². The zero-order valence-corrected chi connectivity index (χ0v) is 9.54. The van der Waals surface area contributed by atoms with Gasteiger partial charge in [0.25, 0.3) is 0 Å². The second-order valence-electron chi connectivity index (χ2n) is 3.43. The van der Waals surface area contributed by atoms with Crippen LogP contribution in [0.3, 0.4) is 0 Å². The maximum absolute atomic E-state index is 11.5. The van der Waals surface area contributed by atoms with E-state index >= 15 is 0 Å². The fourth-order valence-electron chi connectivity index (χ4n) is 1.09. The maximum atomic E-state index is 11.5. The topological polar surface area (TPSA) is 153 Å². The van der Waals surface area contributed by atoms with Crippen LogP contribution in [0.1, 0.15) is 13.3 Å². The molecule has 0 fully saturated rings. The van der Waals surface area contributed by atoms with Crippen LogP contribution in [0.5, 0.6) is 0 Å². The average Bonchev–Trinajstić information content (AvgIpc) is 2.23. The molecular formula is C9H14N2O7. The van der Waals surface area contributed by atoms with Crippen LogP contribution < -0.4 is 10.6 Å². The number of aliphatic carboxylic acids is 2. The molecule has 0 saturated heterocycles. The van der Waals surface area contributed by atoms with Crippen molar-refractivity contribution in [2.45, 2.75) is 25.4 Å². The van der Waals surface area contributed by atoms with Crippen molar-refractivity contribution in [1.82, 2.24) is 10.6 Å². The maximum Gasteiger partial charge on any atom is 0.326 e. The van der Waals surface area contributed by atoms with E-state index in [1.807, 2.05) is 5.32 Å². The zero-order chi connectivity index (χ0) is 14.3. The molecule has 0 aliphatic heterocycles. The smallest absolute Gasteiger partial charge is 0.326 e. The normalized spacial score (nSPS) is 13.2. The lowest BCUT2D eigenvalue weighted by atomic mass is 10.2. The summed E-state index contributed by atoms with van der Waals surface area (Å²) in [5, 5.41) is 30.0. The molecule has 0 heterocycles. The first-order chi connectivity index (χ1) is 8.27. The van der Waals surface area contributed by atoms with E-state index in [1.54, 1.807) is 0 Å². The Hall–Kier alpha value is -2.16. The summed E-state index contributed by atoms with van der Waals surface area (Å²) in [6.45, 7) is 0.382. The molecule has 9 nitrogen and oxygen atoms in total. The van der Waals surface area contributed by atoms with Crippen molar-refractivity contribution in [1.29, 1.82) is 0 Å². The van der Waals surface area contributed by atoms with E-state index in [4.69, 9.17) is 15.3 Å². The number of hydrogen-bond acceptors (Lipinski definition) is 5. The van der Waals surface area contributed by atoms with Crippen LogP contribution >= 0.6 is 0 Å². The SMILES string of the molecule is CC(=O)N[C@@H](CO)C(=O)N[C@H](CC(=O)O)C(=O)O. The summed E-state index contributed by atoms with van der Waals surface area (Å²) < 4.78 is 0. The van der Waals surface area contributed by atoms with Gasteiger partial charge in [-0.25, -0.2) is 4.79 Å².